The zero-order chi connectivity index (χ0) is 18.5. The van der Waals surface area contributed by atoms with Crippen LogP contribution in [0.25, 0.3) is 6.08 Å². The fourth-order valence-corrected chi connectivity index (χ4v) is 2.73. The van der Waals surface area contributed by atoms with Crippen LogP contribution in [0.4, 0.5) is 0 Å². The highest BCUT2D eigenvalue weighted by Gasteiger charge is 2.24. The molecule has 0 aromatic heterocycles. The Morgan fingerprint density at radius 1 is 0.852 bits per heavy atom. The summed E-state index contributed by atoms with van der Waals surface area (Å²) in [6.07, 6.45) is 1.69. The third-order valence-electron chi connectivity index (χ3n) is 4.09. The summed E-state index contributed by atoms with van der Waals surface area (Å²) in [5.74, 6) is 0.534. The molecular weight excluding hydrogens is 338 g/mol. The fourth-order valence-electron chi connectivity index (χ4n) is 2.73. The number of hydrogen-bond acceptors (Lipinski definition) is 4. The van der Waals surface area contributed by atoms with Crippen molar-refractivity contribution in [3.05, 3.63) is 107 Å². The zero-order valence-corrected chi connectivity index (χ0v) is 14.5. The van der Waals surface area contributed by atoms with Crippen molar-refractivity contribution in [3.63, 3.8) is 0 Å². The molecule has 0 saturated carbocycles. The number of nitrogens with zero attached hydrogens (tertiary/aromatic N) is 1. The predicted octanol–water partition coefficient (Wildman–Crippen LogP) is 4.61. The Morgan fingerprint density at radius 3 is 2.30 bits per heavy atom. The maximum Gasteiger partial charge on any atom is 0.363 e. The summed E-state index contributed by atoms with van der Waals surface area (Å²) < 4.78 is 11.2. The van der Waals surface area contributed by atoms with E-state index in [2.05, 4.69) is 4.99 Å². The van der Waals surface area contributed by atoms with Crippen LogP contribution in [0.3, 0.4) is 0 Å². The number of rotatable bonds is 5. The predicted molar refractivity (Wildman–Crippen MR) is 104 cm³/mol. The van der Waals surface area contributed by atoms with Crippen LogP contribution < -0.4 is 4.74 Å². The molecular formula is C23H17NO3. The van der Waals surface area contributed by atoms with Gasteiger partial charge in [0.1, 0.15) is 12.4 Å². The Balaban J connectivity index is 1.58. The van der Waals surface area contributed by atoms with E-state index >= 15 is 0 Å². The van der Waals surface area contributed by atoms with Gasteiger partial charge in [-0.1, -0.05) is 66.7 Å². The van der Waals surface area contributed by atoms with Gasteiger partial charge in [0.05, 0.1) is 0 Å². The van der Waals surface area contributed by atoms with E-state index in [4.69, 9.17) is 9.47 Å². The zero-order valence-electron chi connectivity index (χ0n) is 14.5. The minimum absolute atomic E-state index is 0.254. The molecule has 0 atom stereocenters. The molecule has 1 heterocycles. The lowest BCUT2D eigenvalue weighted by molar-refractivity contribution is -0.129. The lowest BCUT2D eigenvalue weighted by Crippen LogP contribution is -2.05. The van der Waals surface area contributed by atoms with Crippen molar-refractivity contribution in [2.45, 2.75) is 6.61 Å². The molecule has 0 fully saturated rings. The van der Waals surface area contributed by atoms with Crippen molar-refractivity contribution >= 4 is 17.9 Å². The molecule has 132 valence electrons. The normalized spacial score (nSPS) is 14.7. The third kappa shape index (κ3) is 3.96. The molecule has 0 aliphatic carbocycles. The molecule has 0 amide bonds. The summed E-state index contributed by atoms with van der Waals surface area (Å²) in [6.45, 7) is 0.448. The van der Waals surface area contributed by atoms with Crippen molar-refractivity contribution in [1.82, 2.24) is 0 Å². The largest absolute Gasteiger partial charge is 0.488 e. The summed E-state index contributed by atoms with van der Waals surface area (Å²) >= 11 is 0. The maximum atomic E-state index is 12.2. The lowest BCUT2D eigenvalue weighted by atomic mass is 10.1. The van der Waals surface area contributed by atoms with Crippen LogP contribution >= 0.6 is 0 Å². The average molecular weight is 355 g/mol. The van der Waals surface area contributed by atoms with Gasteiger partial charge in [0.15, 0.2) is 5.70 Å². The number of esters is 1. The Hall–Kier alpha value is -3.66. The SMILES string of the molecule is O=C1OC(c2ccccc2)=N/C1=C\c1ccccc1OCc1ccccc1. The fraction of sp³-hybridized carbons (Fsp3) is 0.0435. The molecule has 4 heteroatoms. The number of ether oxygens (including phenoxy) is 2. The van der Waals surface area contributed by atoms with Crippen LogP contribution in [0.5, 0.6) is 5.75 Å². The first-order valence-corrected chi connectivity index (χ1v) is 8.63. The van der Waals surface area contributed by atoms with E-state index in [0.29, 0.717) is 18.3 Å². The second-order valence-corrected chi connectivity index (χ2v) is 6.01. The third-order valence-corrected chi connectivity index (χ3v) is 4.09. The molecule has 0 spiro atoms. The van der Waals surface area contributed by atoms with Crippen LogP contribution in [0.15, 0.2) is 95.6 Å². The van der Waals surface area contributed by atoms with Gasteiger partial charge < -0.3 is 9.47 Å². The number of para-hydroxylation sites is 1. The van der Waals surface area contributed by atoms with Crippen molar-refractivity contribution < 1.29 is 14.3 Å². The van der Waals surface area contributed by atoms with E-state index in [1.54, 1.807) is 6.08 Å². The molecule has 3 aromatic carbocycles. The van der Waals surface area contributed by atoms with Gasteiger partial charge in [-0.05, 0) is 29.8 Å². The lowest BCUT2D eigenvalue weighted by Gasteiger charge is -2.09. The van der Waals surface area contributed by atoms with E-state index in [0.717, 1.165) is 16.7 Å². The van der Waals surface area contributed by atoms with E-state index in [-0.39, 0.29) is 5.70 Å². The van der Waals surface area contributed by atoms with Crippen LogP contribution in [0.2, 0.25) is 0 Å². The molecule has 0 N–H and O–H groups in total. The summed E-state index contributed by atoms with van der Waals surface area (Å²) in [4.78, 5) is 16.6. The minimum Gasteiger partial charge on any atom is -0.488 e. The van der Waals surface area contributed by atoms with Crippen LogP contribution in [-0.4, -0.2) is 11.9 Å². The van der Waals surface area contributed by atoms with E-state index in [1.165, 1.54) is 0 Å². The smallest absolute Gasteiger partial charge is 0.363 e. The van der Waals surface area contributed by atoms with Gasteiger partial charge >= 0.3 is 5.97 Å². The second kappa shape index (κ2) is 7.70. The number of benzene rings is 3. The van der Waals surface area contributed by atoms with E-state index < -0.39 is 5.97 Å². The van der Waals surface area contributed by atoms with E-state index in [9.17, 15) is 4.79 Å². The molecule has 4 nitrogen and oxygen atoms in total. The maximum absolute atomic E-state index is 12.2. The highest BCUT2D eigenvalue weighted by Crippen LogP contribution is 2.25. The molecule has 4 rings (SSSR count). The molecule has 0 radical (unpaired) electrons. The van der Waals surface area contributed by atoms with Gasteiger partial charge in [0.2, 0.25) is 5.90 Å². The second-order valence-electron chi connectivity index (χ2n) is 6.01. The summed E-state index contributed by atoms with van der Waals surface area (Å²) in [6, 6.07) is 26.8. The number of aliphatic imine (C=N–C) groups is 1. The van der Waals surface area contributed by atoms with Gasteiger partial charge in [-0.25, -0.2) is 9.79 Å². The van der Waals surface area contributed by atoms with Gasteiger partial charge in [-0.3, -0.25) is 0 Å². The first-order valence-electron chi connectivity index (χ1n) is 8.63. The van der Waals surface area contributed by atoms with Crippen molar-refractivity contribution in [2.24, 2.45) is 4.99 Å². The van der Waals surface area contributed by atoms with Gasteiger partial charge in [-0.2, -0.15) is 0 Å². The van der Waals surface area contributed by atoms with Gasteiger partial charge in [0.25, 0.3) is 0 Å². The summed E-state index contributed by atoms with van der Waals surface area (Å²) in [5, 5.41) is 0. The highest BCUT2D eigenvalue weighted by atomic mass is 16.6. The first kappa shape index (κ1) is 16.8. The molecule has 0 saturated heterocycles. The Morgan fingerprint density at radius 2 is 1.52 bits per heavy atom. The van der Waals surface area contributed by atoms with Crippen molar-refractivity contribution in [1.29, 1.82) is 0 Å². The highest BCUT2D eigenvalue weighted by molar-refractivity contribution is 6.12. The number of carbonyl (C=O) groups is 1. The van der Waals surface area contributed by atoms with Gasteiger partial charge in [-0.15, -0.1) is 0 Å². The van der Waals surface area contributed by atoms with Gasteiger partial charge in [0, 0.05) is 11.1 Å². The van der Waals surface area contributed by atoms with Crippen molar-refractivity contribution in [3.8, 4) is 5.75 Å². The Bertz CT molecular complexity index is 1010. The standard InChI is InChI=1S/C23H17NO3/c25-23-20(24-22(27-23)18-11-5-2-6-12-18)15-19-13-7-8-14-21(19)26-16-17-9-3-1-4-10-17/h1-15H,16H2/b20-15-. The van der Waals surface area contributed by atoms with Crippen LogP contribution in [-0.2, 0) is 16.1 Å². The minimum atomic E-state index is -0.466. The molecule has 3 aromatic rings. The molecule has 1 aliphatic heterocycles. The number of hydrogen-bond donors (Lipinski definition) is 0. The molecule has 0 unspecified atom stereocenters. The molecule has 0 bridgehead atoms. The van der Waals surface area contributed by atoms with E-state index in [1.807, 2.05) is 84.9 Å². The summed E-state index contributed by atoms with van der Waals surface area (Å²) in [5.41, 5.74) is 2.87. The summed E-state index contributed by atoms with van der Waals surface area (Å²) in [7, 11) is 0. The van der Waals surface area contributed by atoms with Crippen molar-refractivity contribution in [2.75, 3.05) is 0 Å². The Labute approximate surface area is 157 Å². The molecule has 1 aliphatic rings. The Kier molecular flexibility index (Phi) is 4.79. The number of carbonyl (C=O) groups excluding carboxylic acids is 1. The first-order chi connectivity index (χ1) is 13.3. The average Bonchev–Trinajstić information content (AvgIpc) is 3.09. The topological polar surface area (TPSA) is 47.9 Å². The van der Waals surface area contributed by atoms with Crippen LogP contribution in [0, 0.1) is 0 Å². The number of cyclic esters (lactones) is 1. The monoisotopic (exact) mass is 355 g/mol. The molecule has 27 heavy (non-hydrogen) atoms. The quantitative estimate of drug-likeness (QED) is 0.496. The van der Waals surface area contributed by atoms with Crippen LogP contribution in [0.1, 0.15) is 16.7 Å².